The second kappa shape index (κ2) is 3.93. The average Bonchev–Trinajstić information content (AvgIpc) is 2.59. The molecule has 1 heterocycles. The topological polar surface area (TPSA) is 44.5 Å². The molecule has 0 saturated carbocycles. The molecule has 0 amide bonds. The van der Waals surface area contributed by atoms with Gasteiger partial charge in [0, 0.05) is 15.6 Å². The summed E-state index contributed by atoms with van der Waals surface area (Å²) in [6, 6.07) is 2.01. The molecular formula is C12H16BrNO2. The van der Waals surface area contributed by atoms with Crippen molar-refractivity contribution in [2.24, 2.45) is 5.73 Å². The van der Waals surface area contributed by atoms with Crippen LogP contribution in [0.2, 0.25) is 0 Å². The van der Waals surface area contributed by atoms with Gasteiger partial charge in [-0.25, -0.2) is 0 Å². The lowest BCUT2D eigenvalue weighted by Crippen LogP contribution is -2.34. The molecule has 0 spiro atoms. The minimum atomic E-state index is -0.233. The molecule has 88 valence electrons. The Morgan fingerprint density at radius 2 is 2.12 bits per heavy atom. The summed E-state index contributed by atoms with van der Waals surface area (Å²) in [5, 5.41) is 0. The van der Waals surface area contributed by atoms with E-state index in [2.05, 4.69) is 15.9 Å². The summed E-state index contributed by atoms with van der Waals surface area (Å²) >= 11 is 3.60. The third kappa shape index (κ3) is 2.18. The highest BCUT2D eigenvalue weighted by Crippen LogP contribution is 2.41. The van der Waals surface area contributed by atoms with Crippen LogP contribution in [0.5, 0.6) is 11.5 Å². The molecule has 1 aliphatic rings. The number of nitrogens with two attached hydrogens (primary N) is 1. The van der Waals surface area contributed by atoms with E-state index in [9.17, 15) is 0 Å². The second-order valence-corrected chi connectivity index (χ2v) is 5.67. The Kier molecular flexibility index (Phi) is 2.88. The van der Waals surface area contributed by atoms with Crippen molar-refractivity contribution in [2.45, 2.75) is 32.7 Å². The van der Waals surface area contributed by atoms with Crippen molar-refractivity contribution < 1.29 is 9.47 Å². The first-order valence-electron chi connectivity index (χ1n) is 5.25. The van der Waals surface area contributed by atoms with Crippen LogP contribution >= 0.6 is 15.9 Å². The molecule has 1 aromatic rings. The lowest BCUT2D eigenvalue weighted by molar-refractivity contribution is 0.173. The molecule has 0 radical (unpaired) electrons. The fraction of sp³-hybridized carbons (Fsp3) is 0.500. The van der Waals surface area contributed by atoms with Crippen molar-refractivity contribution >= 4 is 15.9 Å². The van der Waals surface area contributed by atoms with Crippen molar-refractivity contribution in [2.75, 3.05) is 6.79 Å². The molecule has 16 heavy (non-hydrogen) atoms. The number of halogens is 1. The summed E-state index contributed by atoms with van der Waals surface area (Å²) < 4.78 is 11.9. The van der Waals surface area contributed by atoms with Gasteiger partial charge in [-0.05, 0) is 38.8 Å². The lowest BCUT2D eigenvalue weighted by Gasteiger charge is -2.20. The van der Waals surface area contributed by atoms with Crippen LogP contribution in [-0.4, -0.2) is 12.3 Å². The van der Waals surface area contributed by atoms with E-state index in [4.69, 9.17) is 15.2 Å². The van der Waals surface area contributed by atoms with Crippen LogP contribution in [0.25, 0.3) is 0 Å². The summed E-state index contributed by atoms with van der Waals surface area (Å²) in [6.45, 7) is 6.35. The van der Waals surface area contributed by atoms with Gasteiger partial charge in [0.15, 0.2) is 11.5 Å². The SMILES string of the molecule is Cc1c(Br)c(CC(C)(C)N)cc2c1OCO2. The Labute approximate surface area is 104 Å². The van der Waals surface area contributed by atoms with E-state index < -0.39 is 0 Å². The number of ether oxygens (including phenoxy) is 2. The zero-order chi connectivity index (χ0) is 11.9. The van der Waals surface area contributed by atoms with E-state index in [-0.39, 0.29) is 5.54 Å². The molecule has 0 bridgehead atoms. The normalized spacial score (nSPS) is 14.3. The predicted octanol–water partition coefficient (Wildman–Crippen LogP) is 2.77. The maximum Gasteiger partial charge on any atom is 0.231 e. The predicted molar refractivity (Wildman–Crippen MR) is 67.0 cm³/mol. The third-order valence-corrected chi connectivity index (χ3v) is 3.65. The summed E-state index contributed by atoms with van der Waals surface area (Å²) in [7, 11) is 0. The van der Waals surface area contributed by atoms with Crippen molar-refractivity contribution in [3.8, 4) is 11.5 Å². The minimum Gasteiger partial charge on any atom is -0.454 e. The van der Waals surface area contributed by atoms with Crippen LogP contribution in [0.15, 0.2) is 10.5 Å². The van der Waals surface area contributed by atoms with Gasteiger partial charge in [-0.15, -0.1) is 0 Å². The van der Waals surface area contributed by atoms with Crippen LogP contribution in [0.4, 0.5) is 0 Å². The standard InChI is InChI=1S/C12H16BrNO2/c1-7-10(13)8(5-12(2,3)14)4-9-11(7)16-6-15-9/h4H,5-6,14H2,1-3H3. The van der Waals surface area contributed by atoms with Gasteiger partial charge in [0.1, 0.15) is 0 Å². The van der Waals surface area contributed by atoms with E-state index in [1.165, 1.54) is 0 Å². The zero-order valence-corrected chi connectivity index (χ0v) is 11.3. The average molecular weight is 286 g/mol. The van der Waals surface area contributed by atoms with Gasteiger partial charge in [0.25, 0.3) is 0 Å². The maximum absolute atomic E-state index is 6.04. The molecule has 1 aliphatic heterocycles. The van der Waals surface area contributed by atoms with Crippen molar-refractivity contribution in [3.63, 3.8) is 0 Å². The van der Waals surface area contributed by atoms with Gasteiger partial charge < -0.3 is 15.2 Å². The van der Waals surface area contributed by atoms with E-state index in [1.54, 1.807) is 0 Å². The smallest absolute Gasteiger partial charge is 0.231 e. The first kappa shape index (κ1) is 11.7. The molecule has 0 aliphatic carbocycles. The van der Waals surface area contributed by atoms with Crippen molar-refractivity contribution in [3.05, 3.63) is 21.7 Å². The number of hydrogen-bond acceptors (Lipinski definition) is 3. The molecule has 2 rings (SSSR count). The molecule has 0 atom stereocenters. The largest absolute Gasteiger partial charge is 0.454 e. The fourth-order valence-electron chi connectivity index (χ4n) is 1.87. The van der Waals surface area contributed by atoms with E-state index >= 15 is 0 Å². The van der Waals surface area contributed by atoms with Crippen LogP contribution in [0, 0.1) is 6.92 Å². The first-order chi connectivity index (χ1) is 7.38. The molecule has 3 nitrogen and oxygen atoms in total. The fourth-order valence-corrected chi connectivity index (χ4v) is 2.31. The van der Waals surface area contributed by atoms with E-state index in [0.29, 0.717) is 6.79 Å². The van der Waals surface area contributed by atoms with Gasteiger partial charge in [-0.3, -0.25) is 0 Å². The molecule has 0 unspecified atom stereocenters. The highest BCUT2D eigenvalue weighted by molar-refractivity contribution is 9.10. The Morgan fingerprint density at radius 3 is 2.75 bits per heavy atom. The number of benzene rings is 1. The molecule has 0 aromatic heterocycles. The quantitative estimate of drug-likeness (QED) is 0.909. The summed E-state index contributed by atoms with van der Waals surface area (Å²) in [4.78, 5) is 0. The Balaban J connectivity index is 2.44. The zero-order valence-electron chi connectivity index (χ0n) is 9.76. The Hall–Kier alpha value is -0.740. The van der Waals surface area contributed by atoms with Gasteiger partial charge in [0.05, 0.1) is 0 Å². The molecular weight excluding hydrogens is 270 g/mol. The van der Waals surface area contributed by atoms with E-state index in [1.807, 2.05) is 26.8 Å². The van der Waals surface area contributed by atoms with Gasteiger partial charge in [0.2, 0.25) is 6.79 Å². The Morgan fingerprint density at radius 1 is 1.44 bits per heavy atom. The first-order valence-corrected chi connectivity index (χ1v) is 6.04. The monoisotopic (exact) mass is 285 g/mol. The number of hydrogen-bond donors (Lipinski definition) is 1. The molecule has 0 fully saturated rings. The Bertz CT molecular complexity index is 424. The highest BCUT2D eigenvalue weighted by atomic mass is 79.9. The maximum atomic E-state index is 6.04. The number of fused-ring (bicyclic) bond motifs is 1. The van der Waals surface area contributed by atoms with Crippen LogP contribution < -0.4 is 15.2 Å². The van der Waals surface area contributed by atoms with Gasteiger partial charge >= 0.3 is 0 Å². The molecule has 2 N–H and O–H groups in total. The van der Waals surface area contributed by atoms with Crippen LogP contribution in [0.1, 0.15) is 25.0 Å². The van der Waals surface area contributed by atoms with Crippen LogP contribution in [0.3, 0.4) is 0 Å². The summed E-state index contributed by atoms with van der Waals surface area (Å²) in [6.07, 6.45) is 0.797. The minimum absolute atomic E-state index is 0.233. The van der Waals surface area contributed by atoms with Crippen LogP contribution in [-0.2, 0) is 6.42 Å². The second-order valence-electron chi connectivity index (χ2n) is 4.87. The summed E-state index contributed by atoms with van der Waals surface area (Å²) in [5.41, 5.74) is 8.04. The summed E-state index contributed by atoms with van der Waals surface area (Å²) in [5.74, 6) is 1.66. The molecule has 0 saturated heterocycles. The van der Waals surface area contributed by atoms with Gasteiger partial charge in [-0.2, -0.15) is 0 Å². The lowest BCUT2D eigenvalue weighted by atomic mass is 9.95. The van der Waals surface area contributed by atoms with Gasteiger partial charge in [-0.1, -0.05) is 15.9 Å². The highest BCUT2D eigenvalue weighted by Gasteiger charge is 2.23. The van der Waals surface area contributed by atoms with Crippen molar-refractivity contribution in [1.29, 1.82) is 0 Å². The number of rotatable bonds is 2. The molecule has 1 aromatic carbocycles. The molecule has 4 heteroatoms. The van der Waals surface area contributed by atoms with E-state index in [0.717, 1.165) is 33.5 Å². The third-order valence-electron chi connectivity index (χ3n) is 2.54. The van der Waals surface area contributed by atoms with Crippen molar-refractivity contribution in [1.82, 2.24) is 0 Å².